The first-order valence-electron chi connectivity index (χ1n) is 7.53. The Hall–Kier alpha value is -2.37. The molecule has 1 N–H and O–H groups in total. The monoisotopic (exact) mass is 301 g/mol. The zero-order chi connectivity index (χ0) is 15.5. The average molecular weight is 301 g/mol. The largest absolute Gasteiger partial charge is 0.494 e. The van der Waals surface area contributed by atoms with Crippen molar-refractivity contribution in [1.82, 2.24) is 15.0 Å². The topological polar surface area (TPSA) is 77.2 Å². The Kier molecular flexibility index (Phi) is 4.09. The molecule has 0 bridgehead atoms. The van der Waals surface area contributed by atoms with Crippen molar-refractivity contribution < 1.29 is 14.6 Å². The van der Waals surface area contributed by atoms with Crippen LogP contribution in [0.15, 0.2) is 18.2 Å². The number of ether oxygens (including phenoxy) is 1. The summed E-state index contributed by atoms with van der Waals surface area (Å²) >= 11 is 0. The molecule has 0 amide bonds. The molecule has 1 aromatic carbocycles. The van der Waals surface area contributed by atoms with E-state index < -0.39 is 5.97 Å². The van der Waals surface area contributed by atoms with Gasteiger partial charge < -0.3 is 9.84 Å². The number of nitrogens with zero attached hydrogens (tertiary/aromatic N) is 3. The first kappa shape index (κ1) is 14.6. The van der Waals surface area contributed by atoms with Crippen molar-refractivity contribution in [3.8, 4) is 5.75 Å². The smallest absolute Gasteiger partial charge is 0.358 e. The molecule has 6 heteroatoms. The van der Waals surface area contributed by atoms with Crippen LogP contribution in [0.4, 0.5) is 0 Å². The first-order valence-corrected chi connectivity index (χ1v) is 7.53. The van der Waals surface area contributed by atoms with Crippen molar-refractivity contribution in [2.24, 2.45) is 0 Å². The third-order valence-electron chi connectivity index (χ3n) is 4.04. The summed E-state index contributed by atoms with van der Waals surface area (Å²) < 4.78 is 7.38. The summed E-state index contributed by atoms with van der Waals surface area (Å²) in [5.41, 5.74) is 3.42. The molecule has 3 rings (SSSR count). The van der Waals surface area contributed by atoms with Crippen LogP contribution in [0.2, 0.25) is 0 Å². The second kappa shape index (κ2) is 6.17. The number of hydrogen-bond acceptors (Lipinski definition) is 4. The standard InChI is InChI=1S/C16H19N3O3/c1-11-15(16(20)21)17-18-19(11)8-3-9-22-14-7-6-12-4-2-5-13(12)10-14/h6-7,10H,2-5,8-9H2,1H3,(H,20,21). The van der Waals surface area contributed by atoms with Crippen LogP contribution < -0.4 is 4.74 Å². The lowest BCUT2D eigenvalue weighted by Crippen LogP contribution is -2.08. The van der Waals surface area contributed by atoms with Gasteiger partial charge in [0.15, 0.2) is 5.69 Å². The predicted molar refractivity (Wildman–Crippen MR) is 80.3 cm³/mol. The number of benzene rings is 1. The van der Waals surface area contributed by atoms with Crippen molar-refractivity contribution >= 4 is 5.97 Å². The minimum atomic E-state index is -1.04. The number of aromatic carboxylic acids is 1. The molecular formula is C16H19N3O3. The Balaban J connectivity index is 1.50. The molecule has 6 nitrogen and oxygen atoms in total. The molecule has 1 aromatic heterocycles. The highest BCUT2D eigenvalue weighted by molar-refractivity contribution is 5.86. The maximum Gasteiger partial charge on any atom is 0.358 e. The fraction of sp³-hybridized carbons (Fsp3) is 0.438. The second-order valence-electron chi connectivity index (χ2n) is 5.54. The Bertz CT molecular complexity index is 694. The highest BCUT2D eigenvalue weighted by Crippen LogP contribution is 2.26. The van der Waals surface area contributed by atoms with Crippen LogP contribution in [0, 0.1) is 6.92 Å². The van der Waals surface area contributed by atoms with Gasteiger partial charge in [-0.3, -0.25) is 0 Å². The number of aryl methyl sites for hydroxylation is 3. The van der Waals surface area contributed by atoms with Crippen LogP contribution in [-0.4, -0.2) is 32.7 Å². The molecule has 2 aromatic rings. The fourth-order valence-electron chi connectivity index (χ4n) is 2.81. The lowest BCUT2D eigenvalue weighted by Gasteiger charge is -2.08. The SMILES string of the molecule is Cc1c(C(=O)O)nnn1CCCOc1ccc2c(c1)CCC2. The van der Waals surface area contributed by atoms with Crippen molar-refractivity contribution in [2.75, 3.05) is 6.61 Å². The molecule has 0 spiro atoms. The number of carboxylic acids is 1. The molecule has 22 heavy (non-hydrogen) atoms. The van der Waals surface area contributed by atoms with E-state index in [0.717, 1.165) is 18.6 Å². The maximum absolute atomic E-state index is 10.9. The van der Waals surface area contributed by atoms with Gasteiger partial charge in [-0.05, 0) is 49.4 Å². The van der Waals surface area contributed by atoms with Crippen molar-refractivity contribution in [3.63, 3.8) is 0 Å². The van der Waals surface area contributed by atoms with E-state index in [0.29, 0.717) is 18.8 Å². The molecule has 0 saturated heterocycles. The number of carbonyl (C=O) groups is 1. The van der Waals surface area contributed by atoms with Gasteiger partial charge in [-0.15, -0.1) is 5.10 Å². The van der Waals surface area contributed by atoms with Crippen molar-refractivity contribution in [1.29, 1.82) is 0 Å². The highest BCUT2D eigenvalue weighted by atomic mass is 16.5. The first-order chi connectivity index (χ1) is 10.6. The van der Waals surface area contributed by atoms with Crippen LogP contribution >= 0.6 is 0 Å². The van der Waals surface area contributed by atoms with Gasteiger partial charge in [-0.2, -0.15) is 0 Å². The zero-order valence-corrected chi connectivity index (χ0v) is 12.6. The third-order valence-corrected chi connectivity index (χ3v) is 4.04. The molecule has 0 radical (unpaired) electrons. The van der Waals surface area contributed by atoms with Gasteiger partial charge in [-0.1, -0.05) is 11.3 Å². The van der Waals surface area contributed by atoms with Crippen LogP contribution in [0.5, 0.6) is 5.75 Å². The molecule has 0 unspecified atom stereocenters. The van der Waals surface area contributed by atoms with Crippen LogP contribution in [0.1, 0.15) is 40.2 Å². The normalized spacial score (nSPS) is 13.1. The fourth-order valence-corrected chi connectivity index (χ4v) is 2.81. The van der Waals surface area contributed by atoms with E-state index in [9.17, 15) is 4.79 Å². The number of rotatable bonds is 6. The van der Waals surface area contributed by atoms with E-state index in [1.165, 1.54) is 24.0 Å². The minimum Gasteiger partial charge on any atom is -0.494 e. The average Bonchev–Trinajstić information content (AvgIpc) is 3.10. The summed E-state index contributed by atoms with van der Waals surface area (Å²) in [6, 6.07) is 6.30. The van der Waals surface area contributed by atoms with Gasteiger partial charge in [0.05, 0.1) is 12.3 Å². The predicted octanol–water partition coefficient (Wildman–Crippen LogP) is 2.24. The van der Waals surface area contributed by atoms with Gasteiger partial charge in [0, 0.05) is 13.0 Å². The van der Waals surface area contributed by atoms with E-state index in [4.69, 9.17) is 9.84 Å². The molecular weight excluding hydrogens is 282 g/mol. The summed E-state index contributed by atoms with van der Waals surface area (Å²) in [4.78, 5) is 10.9. The van der Waals surface area contributed by atoms with Crippen molar-refractivity contribution in [2.45, 2.75) is 39.2 Å². The lowest BCUT2D eigenvalue weighted by atomic mass is 10.1. The lowest BCUT2D eigenvalue weighted by molar-refractivity contribution is 0.0689. The number of hydrogen-bond donors (Lipinski definition) is 1. The number of fused-ring (bicyclic) bond motifs is 1. The summed E-state index contributed by atoms with van der Waals surface area (Å²) in [6.07, 6.45) is 4.30. The van der Waals surface area contributed by atoms with Gasteiger partial charge in [-0.25, -0.2) is 9.48 Å². The number of carboxylic acid groups (broad SMARTS) is 1. The Morgan fingerprint density at radius 3 is 2.95 bits per heavy atom. The molecule has 0 saturated carbocycles. The summed E-state index contributed by atoms with van der Waals surface area (Å²) in [6.45, 7) is 2.88. The van der Waals surface area contributed by atoms with E-state index >= 15 is 0 Å². The Labute approximate surface area is 128 Å². The van der Waals surface area contributed by atoms with Gasteiger partial charge >= 0.3 is 5.97 Å². The highest BCUT2D eigenvalue weighted by Gasteiger charge is 2.14. The molecule has 116 valence electrons. The Morgan fingerprint density at radius 2 is 2.18 bits per heavy atom. The van der Waals surface area contributed by atoms with Gasteiger partial charge in [0.1, 0.15) is 5.75 Å². The Morgan fingerprint density at radius 1 is 1.36 bits per heavy atom. The van der Waals surface area contributed by atoms with E-state index in [1.54, 1.807) is 11.6 Å². The van der Waals surface area contributed by atoms with E-state index in [1.807, 2.05) is 6.07 Å². The van der Waals surface area contributed by atoms with E-state index in [2.05, 4.69) is 22.4 Å². The maximum atomic E-state index is 10.9. The third kappa shape index (κ3) is 2.95. The number of aromatic nitrogens is 3. The summed E-state index contributed by atoms with van der Waals surface area (Å²) in [5, 5.41) is 16.5. The molecule has 0 aliphatic heterocycles. The van der Waals surface area contributed by atoms with Crippen LogP contribution in [0.25, 0.3) is 0 Å². The van der Waals surface area contributed by atoms with Crippen molar-refractivity contribution in [3.05, 3.63) is 40.7 Å². The molecule has 0 atom stereocenters. The summed E-state index contributed by atoms with van der Waals surface area (Å²) in [7, 11) is 0. The molecule has 1 heterocycles. The minimum absolute atomic E-state index is 0.0135. The van der Waals surface area contributed by atoms with Gasteiger partial charge in [0.2, 0.25) is 0 Å². The second-order valence-corrected chi connectivity index (χ2v) is 5.54. The van der Waals surface area contributed by atoms with Gasteiger partial charge in [0.25, 0.3) is 0 Å². The summed E-state index contributed by atoms with van der Waals surface area (Å²) in [5.74, 6) is -0.139. The molecule has 0 fully saturated rings. The zero-order valence-electron chi connectivity index (χ0n) is 12.6. The van der Waals surface area contributed by atoms with E-state index in [-0.39, 0.29) is 5.69 Å². The van der Waals surface area contributed by atoms with Crippen LogP contribution in [-0.2, 0) is 19.4 Å². The molecule has 1 aliphatic rings. The molecule has 1 aliphatic carbocycles. The van der Waals surface area contributed by atoms with Crippen LogP contribution in [0.3, 0.4) is 0 Å². The quantitative estimate of drug-likeness (QED) is 0.828.